The van der Waals surface area contributed by atoms with E-state index in [1.165, 1.54) is 11.1 Å². The smallest absolute Gasteiger partial charge is 0.169 e. The maximum atomic E-state index is 9.48. The zero-order chi connectivity index (χ0) is 16.4. The van der Waals surface area contributed by atoms with Crippen molar-refractivity contribution < 1.29 is 0 Å². The fourth-order valence-electron chi connectivity index (χ4n) is 3.40. The molecule has 1 aromatic carbocycles. The monoisotopic (exact) mass is 306 g/mol. The number of nitriles is 1. The van der Waals surface area contributed by atoms with Gasteiger partial charge in [0, 0.05) is 13.1 Å². The molecule has 0 atom stereocenters. The van der Waals surface area contributed by atoms with E-state index in [1.807, 2.05) is 13.8 Å². The summed E-state index contributed by atoms with van der Waals surface area (Å²) < 4.78 is 0. The van der Waals surface area contributed by atoms with E-state index in [9.17, 15) is 5.26 Å². The summed E-state index contributed by atoms with van der Waals surface area (Å²) in [6.07, 6.45) is 2.18. The molecular formula is C19H22N4. The van der Waals surface area contributed by atoms with Gasteiger partial charge in [0.1, 0.15) is 11.6 Å². The Labute approximate surface area is 137 Å². The average molecular weight is 306 g/mol. The molecule has 1 aromatic heterocycles. The molecular weight excluding hydrogens is 284 g/mol. The number of anilines is 1. The zero-order valence-corrected chi connectivity index (χ0v) is 14.0. The fourth-order valence-corrected chi connectivity index (χ4v) is 3.40. The van der Waals surface area contributed by atoms with Gasteiger partial charge in [0.05, 0.1) is 5.69 Å². The van der Waals surface area contributed by atoms with Gasteiger partial charge in [-0.15, -0.1) is 5.10 Å². The molecule has 0 N–H and O–H groups in total. The molecule has 0 amide bonds. The molecule has 1 fully saturated rings. The first-order valence-electron chi connectivity index (χ1n) is 8.16. The molecule has 3 rings (SSSR count). The maximum Gasteiger partial charge on any atom is 0.169 e. The second-order valence-corrected chi connectivity index (χ2v) is 6.34. The highest BCUT2D eigenvalue weighted by atomic mass is 15.3. The van der Waals surface area contributed by atoms with E-state index in [0.29, 0.717) is 11.5 Å². The van der Waals surface area contributed by atoms with Crippen LogP contribution in [0.2, 0.25) is 0 Å². The third kappa shape index (κ3) is 2.92. The lowest BCUT2D eigenvalue weighted by Gasteiger charge is -2.34. The lowest BCUT2D eigenvalue weighted by Crippen LogP contribution is -2.34. The lowest BCUT2D eigenvalue weighted by atomic mass is 9.87. The Kier molecular flexibility index (Phi) is 4.29. The molecule has 1 aliphatic heterocycles. The molecule has 1 saturated heterocycles. The molecule has 0 unspecified atom stereocenters. The molecule has 0 spiro atoms. The van der Waals surface area contributed by atoms with Gasteiger partial charge in [-0.2, -0.15) is 10.4 Å². The van der Waals surface area contributed by atoms with Crippen molar-refractivity contribution in [3.63, 3.8) is 0 Å². The van der Waals surface area contributed by atoms with Crippen LogP contribution < -0.4 is 4.90 Å². The predicted molar refractivity (Wildman–Crippen MR) is 91.6 cm³/mol. The minimum Gasteiger partial charge on any atom is -0.354 e. The van der Waals surface area contributed by atoms with E-state index in [1.54, 1.807) is 0 Å². The van der Waals surface area contributed by atoms with Crippen LogP contribution in [0.1, 0.15) is 46.7 Å². The first kappa shape index (κ1) is 15.5. The molecule has 1 aliphatic rings. The first-order chi connectivity index (χ1) is 11.1. The number of hydrogen-bond donors (Lipinski definition) is 0. The van der Waals surface area contributed by atoms with Crippen LogP contribution in [0.4, 0.5) is 5.82 Å². The Bertz CT molecular complexity index is 752. The van der Waals surface area contributed by atoms with Gasteiger partial charge in [-0.1, -0.05) is 24.3 Å². The Hall–Kier alpha value is -2.41. The van der Waals surface area contributed by atoms with Gasteiger partial charge in [0.15, 0.2) is 5.82 Å². The van der Waals surface area contributed by atoms with E-state index in [4.69, 9.17) is 0 Å². The molecule has 0 aliphatic carbocycles. The summed E-state index contributed by atoms with van der Waals surface area (Å²) in [4.78, 5) is 2.22. The van der Waals surface area contributed by atoms with Gasteiger partial charge in [-0.05, 0) is 56.2 Å². The number of rotatable bonds is 2. The normalized spacial score (nSPS) is 15.5. The number of piperidine rings is 1. The number of hydrogen-bond acceptors (Lipinski definition) is 4. The fraction of sp³-hybridized carbons (Fsp3) is 0.421. The van der Waals surface area contributed by atoms with E-state index in [2.05, 4.69) is 52.4 Å². The third-order valence-electron chi connectivity index (χ3n) is 4.97. The largest absolute Gasteiger partial charge is 0.354 e. The Morgan fingerprint density at radius 3 is 2.43 bits per heavy atom. The molecule has 0 saturated carbocycles. The predicted octanol–water partition coefficient (Wildman–Crippen LogP) is 3.66. The minimum absolute atomic E-state index is 0.595. The Morgan fingerprint density at radius 1 is 1.09 bits per heavy atom. The summed E-state index contributed by atoms with van der Waals surface area (Å²) in [5, 5.41) is 18.0. The second-order valence-electron chi connectivity index (χ2n) is 6.34. The van der Waals surface area contributed by atoms with Crippen LogP contribution >= 0.6 is 0 Å². The lowest BCUT2D eigenvalue weighted by molar-refractivity contribution is 0.499. The Morgan fingerprint density at radius 2 is 1.78 bits per heavy atom. The van der Waals surface area contributed by atoms with Gasteiger partial charge in [-0.25, -0.2) is 0 Å². The van der Waals surface area contributed by atoms with Crippen molar-refractivity contribution in [1.82, 2.24) is 10.2 Å². The number of benzene rings is 1. The highest BCUT2D eigenvalue weighted by Crippen LogP contribution is 2.32. The second kappa shape index (κ2) is 6.37. The highest BCUT2D eigenvalue weighted by molar-refractivity contribution is 5.57. The number of nitrogens with zero attached hydrogens (tertiary/aromatic N) is 4. The van der Waals surface area contributed by atoms with Crippen LogP contribution in [0, 0.1) is 32.1 Å². The van der Waals surface area contributed by atoms with Crippen molar-refractivity contribution in [3.8, 4) is 6.07 Å². The third-order valence-corrected chi connectivity index (χ3v) is 4.97. The molecule has 23 heavy (non-hydrogen) atoms. The van der Waals surface area contributed by atoms with Crippen molar-refractivity contribution in [2.24, 2.45) is 0 Å². The van der Waals surface area contributed by atoms with Crippen LogP contribution in [0.15, 0.2) is 24.3 Å². The van der Waals surface area contributed by atoms with Crippen molar-refractivity contribution in [2.45, 2.75) is 39.5 Å². The van der Waals surface area contributed by atoms with E-state index < -0.39 is 0 Å². The average Bonchev–Trinajstić information content (AvgIpc) is 2.58. The van der Waals surface area contributed by atoms with Crippen LogP contribution in [-0.4, -0.2) is 23.3 Å². The molecule has 118 valence electrons. The summed E-state index contributed by atoms with van der Waals surface area (Å²) in [5.41, 5.74) is 5.28. The summed E-state index contributed by atoms with van der Waals surface area (Å²) in [7, 11) is 0. The van der Waals surface area contributed by atoms with E-state index in [0.717, 1.165) is 43.0 Å². The van der Waals surface area contributed by atoms with Gasteiger partial charge in [-0.3, -0.25) is 0 Å². The van der Waals surface area contributed by atoms with Crippen LogP contribution in [0.3, 0.4) is 0 Å². The summed E-state index contributed by atoms with van der Waals surface area (Å²) >= 11 is 0. The summed E-state index contributed by atoms with van der Waals surface area (Å²) in [6, 6.07) is 11.0. The minimum atomic E-state index is 0.595. The Balaban J connectivity index is 1.79. The SMILES string of the molecule is Cc1ccccc1C1CCN(c2nnc(C)c(C)c2C#N)CC1. The van der Waals surface area contributed by atoms with E-state index >= 15 is 0 Å². The summed E-state index contributed by atoms with van der Waals surface area (Å²) in [5.74, 6) is 1.34. The highest BCUT2D eigenvalue weighted by Gasteiger charge is 2.25. The van der Waals surface area contributed by atoms with E-state index in [-0.39, 0.29) is 0 Å². The molecule has 4 heteroatoms. The van der Waals surface area contributed by atoms with Crippen molar-refractivity contribution >= 4 is 5.82 Å². The van der Waals surface area contributed by atoms with Crippen molar-refractivity contribution in [1.29, 1.82) is 5.26 Å². The maximum absolute atomic E-state index is 9.48. The molecule has 0 radical (unpaired) electrons. The van der Waals surface area contributed by atoms with Gasteiger partial charge in [0.2, 0.25) is 0 Å². The molecule has 2 aromatic rings. The van der Waals surface area contributed by atoms with Crippen LogP contribution in [0.5, 0.6) is 0 Å². The van der Waals surface area contributed by atoms with Crippen LogP contribution in [0.25, 0.3) is 0 Å². The van der Waals surface area contributed by atoms with Gasteiger partial charge >= 0.3 is 0 Å². The topological polar surface area (TPSA) is 52.8 Å². The number of aromatic nitrogens is 2. The van der Waals surface area contributed by atoms with Gasteiger partial charge in [0.25, 0.3) is 0 Å². The summed E-state index contributed by atoms with van der Waals surface area (Å²) in [6.45, 7) is 7.88. The number of aryl methyl sites for hydroxylation is 2. The van der Waals surface area contributed by atoms with Crippen molar-refractivity contribution in [2.75, 3.05) is 18.0 Å². The molecule has 2 heterocycles. The standard InChI is InChI=1S/C19H22N4/c1-13-6-4-5-7-17(13)16-8-10-23(11-9-16)19-18(12-20)14(2)15(3)21-22-19/h4-7,16H,8-11H2,1-3H3. The zero-order valence-electron chi connectivity index (χ0n) is 14.0. The van der Waals surface area contributed by atoms with Crippen molar-refractivity contribution in [3.05, 3.63) is 52.2 Å². The molecule has 4 nitrogen and oxygen atoms in total. The van der Waals surface area contributed by atoms with Crippen LogP contribution in [-0.2, 0) is 0 Å². The molecule has 0 bridgehead atoms. The quantitative estimate of drug-likeness (QED) is 0.849. The first-order valence-corrected chi connectivity index (χ1v) is 8.16. The van der Waals surface area contributed by atoms with Gasteiger partial charge < -0.3 is 4.90 Å².